The predicted octanol–water partition coefficient (Wildman–Crippen LogP) is 3.99. The summed E-state index contributed by atoms with van der Waals surface area (Å²) in [5.74, 6) is 0.951. The lowest BCUT2D eigenvalue weighted by atomic mass is 10.3. The smallest absolute Gasteiger partial charge is 0.239 e. The summed E-state index contributed by atoms with van der Waals surface area (Å²) in [7, 11) is 0. The molecule has 1 aromatic carbocycles. The first-order chi connectivity index (χ1) is 10.1. The molecule has 0 aliphatic heterocycles. The number of ether oxygens (including phenoxy) is 1. The van der Waals surface area contributed by atoms with E-state index in [9.17, 15) is 4.39 Å². The van der Waals surface area contributed by atoms with Gasteiger partial charge in [0.25, 0.3) is 0 Å². The number of halogens is 2. The molecule has 1 fully saturated rings. The number of aromatic nitrogens is 1. The van der Waals surface area contributed by atoms with Crippen molar-refractivity contribution in [3.05, 3.63) is 41.2 Å². The van der Waals surface area contributed by atoms with Crippen molar-refractivity contribution >= 4 is 28.8 Å². The zero-order valence-corrected chi connectivity index (χ0v) is 12.0. The Bertz CT molecular complexity index is 641. The number of rotatable bonds is 5. The fourth-order valence-corrected chi connectivity index (χ4v) is 2.07. The number of hydrogen-bond donors (Lipinski definition) is 2. The van der Waals surface area contributed by atoms with E-state index in [-0.39, 0.29) is 10.7 Å². The number of nitrogen functional groups attached to an aromatic ring is 1. The van der Waals surface area contributed by atoms with Crippen LogP contribution in [0.15, 0.2) is 30.3 Å². The van der Waals surface area contributed by atoms with E-state index < -0.39 is 5.82 Å². The average Bonchev–Trinajstić information content (AvgIpc) is 3.27. The van der Waals surface area contributed by atoms with Crippen LogP contribution in [0.4, 0.5) is 21.6 Å². The summed E-state index contributed by atoms with van der Waals surface area (Å²) >= 11 is 5.98. The molecule has 0 spiro atoms. The fourth-order valence-electron chi connectivity index (χ4n) is 1.86. The van der Waals surface area contributed by atoms with E-state index in [1.54, 1.807) is 24.3 Å². The molecular weight excluding hydrogens is 293 g/mol. The Labute approximate surface area is 127 Å². The van der Waals surface area contributed by atoms with Gasteiger partial charge in [-0.1, -0.05) is 17.7 Å². The molecule has 0 unspecified atom stereocenters. The minimum absolute atomic E-state index is 0.185. The lowest BCUT2D eigenvalue weighted by molar-refractivity contribution is 0.290. The van der Waals surface area contributed by atoms with Crippen molar-refractivity contribution in [2.75, 3.05) is 17.7 Å². The molecule has 21 heavy (non-hydrogen) atoms. The van der Waals surface area contributed by atoms with E-state index in [1.807, 2.05) is 0 Å². The fraction of sp³-hybridized carbons (Fsp3) is 0.267. The molecule has 0 bridgehead atoms. The van der Waals surface area contributed by atoms with E-state index in [0.717, 1.165) is 0 Å². The Kier molecular flexibility index (Phi) is 3.84. The highest BCUT2D eigenvalue weighted by molar-refractivity contribution is 6.33. The number of para-hydroxylation sites is 1. The standard InChI is InChI=1S/C15H15ClFN3O/c16-10-2-1-3-11(17)14(10)19-13-7-6-12(18)15(20-13)21-8-9-4-5-9/h1-3,6-7,9H,4-5,8,18H2,(H,19,20). The largest absolute Gasteiger partial charge is 0.476 e. The van der Waals surface area contributed by atoms with Crippen LogP contribution < -0.4 is 15.8 Å². The number of nitrogens with zero attached hydrogens (tertiary/aromatic N) is 1. The van der Waals surface area contributed by atoms with Gasteiger partial charge >= 0.3 is 0 Å². The summed E-state index contributed by atoms with van der Waals surface area (Å²) in [5, 5.41) is 3.14. The Balaban J connectivity index is 1.80. The molecule has 4 nitrogen and oxygen atoms in total. The minimum atomic E-state index is -0.443. The van der Waals surface area contributed by atoms with Gasteiger partial charge in [-0.05, 0) is 43.0 Å². The molecule has 1 saturated carbocycles. The third-order valence-corrected chi connectivity index (χ3v) is 3.57. The van der Waals surface area contributed by atoms with Gasteiger partial charge in [-0.3, -0.25) is 0 Å². The van der Waals surface area contributed by atoms with Crippen LogP contribution >= 0.6 is 11.6 Å². The van der Waals surface area contributed by atoms with E-state index in [2.05, 4.69) is 10.3 Å². The van der Waals surface area contributed by atoms with E-state index in [0.29, 0.717) is 29.9 Å². The maximum Gasteiger partial charge on any atom is 0.239 e. The lowest BCUT2D eigenvalue weighted by Crippen LogP contribution is -2.05. The highest BCUT2D eigenvalue weighted by Crippen LogP contribution is 2.32. The molecule has 3 rings (SSSR count). The van der Waals surface area contributed by atoms with Crippen molar-refractivity contribution < 1.29 is 9.13 Å². The monoisotopic (exact) mass is 307 g/mol. The molecule has 0 atom stereocenters. The molecule has 1 aliphatic rings. The first-order valence-electron chi connectivity index (χ1n) is 6.74. The molecule has 1 aromatic heterocycles. The molecule has 3 N–H and O–H groups in total. The average molecular weight is 308 g/mol. The SMILES string of the molecule is Nc1ccc(Nc2c(F)cccc2Cl)nc1OCC1CC1. The number of nitrogens with two attached hydrogens (primary N) is 1. The van der Waals surface area contributed by atoms with Gasteiger partial charge in [0.15, 0.2) is 0 Å². The third-order valence-electron chi connectivity index (χ3n) is 3.26. The van der Waals surface area contributed by atoms with Crippen molar-refractivity contribution in [3.8, 4) is 5.88 Å². The number of anilines is 3. The number of benzene rings is 1. The summed E-state index contributed by atoms with van der Waals surface area (Å²) in [6, 6.07) is 7.81. The molecule has 1 heterocycles. The van der Waals surface area contributed by atoms with Gasteiger partial charge in [0.2, 0.25) is 5.88 Å². The topological polar surface area (TPSA) is 60.2 Å². The van der Waals surface area contributed by atoms with E-state index >= 15 is 0 Å². The summed E-state index contributed by atoms with van der Waals surface area (Å²) < 4.78 is 19.3. The second-order valence-electron chi connectivity index (χ2n) is 5.07. The van der Waals surface area contributed by atoms with Gasteiger partial charge < -0.3 is 15.8 Å². The zero-order valence-electron chi connectivity index (χ0n) is 11.3. The van der Waals surface area contributed by atoms with Gasteiger partial charge in [0.1, 0.15) is 11.6 Å². The molecule has 0 amide bonds. The highest BCUT2D eigenvalue weighted by atomic mass is 35.5. The van der Waals surface area contributed by atoms with Crippen molar-refractivity contribution in [2.24, 2.45) is 5.92 Å². The van der Waals surface area contributed by atoms with Gasteiger partial charge in [0.05, 0.1) is 23.0 Å². The third kappa shape index (κ3) is 3.36. The zero-order chi connectivity index (χ0) is 14.8. The van der Waals surface area contributed by atoms with Crippen LogP contribution in [-0.2, 0) is 0 Å². The number of pyridine rings is 1. The number of hydrogen-bond acceptors (Lipinski definition) is 4. The Morgan fingerprint density at radius 2 is 2.14 bits per heavy atom. The highest BCUT2D eigenvalue weighted by Gasteiger charge is 2.22. The van der Waals surface area contributed by atoms with Gasteiger partial charge in [0, 0.05) is 0 Å². The summed E-state index contributed by atoms with van der Waals surface area (Å²) in [4.78, 5) is 4.27. The maximum atomic E-state index is 13.7. The minimum Gasteiger partial charge on any atom is -0.476 e. The normalized spacial score (nSPS) is 14.0. The summed E-state index contributed by atoms with van der Waals surface area (Å²) in [6.45, 7) is 0.612. The van der Waals surface area contributed by atoms with Crippen LogP contribution in [0.5, 0.6) is 5.88 Å². The molecule has 0 radical (unpaired) electrons. The van der Waals surface area contributed by atoms with Crippen LogP contribution in [0.2, 0.25) is 5.02 Å². The van der Waals surface area contributed by atoms with Crippen molar-refractivity contribution in [1.29, 1.82) is 0 Å². The first kappa shape index (κ1) is 13.9. The molecule has 110 valence electrons. The van der Waals surface area contributed by atoms with Gasteiger partial charge in [-0.2, -0.15) is 4.98 Å². The Morgan fingerprint density at radius 3 is 2.86 bits per heavy atom. The van der Waals surface area contributed by atoms with Crippen LogP contribution in [0.3, 0.4) is 0 Å². The predicted molar refractivity (Wildman–Crippen MR) is 81.6 cm³/mol. The van der Waals surface area contributed by atoms with E-state index in [4.69, 9.17) is 22.1 Å². The molecule has 2 aromatic rings. The van der Waals surface area contributed by atoms with Crippen LogP contribution in [0.25, 0.3) is 0 Å². The lowest BCUT2D eigenvalue weighted by Gasteiger charge is -2.12. The quantitative estimate of drug-likeness (QED) is 0.877. The van der Waals surface area contributed by atoms with Gasteiger partial charge in [-0.25, -0.2) is 4.39 Å². The van der Waals surface area contributed by atoms with Crippen LogP contribution in [0.1, 0.15) is 12.8 Å². The molecule has 6 heteroatoms. The second-order valence-corrected chi connectivity index (χ2v) is 5.47. The van der Waals surface area contributed by atoms with Crippen molar-refractivity contribution in [2.45, 2.75) is 12.8 Å². The molecule has 0 saturated heterocycles. The van der Waals surface area contributed by atoms with Crippen molar-refractivity contribution in [3.63, 3.8) is 0 Å². The number of nitrogens with one attached hydrogen (secondary N) is 1. The van der Waals surface area contributed by atoms with Crippen molar-refractivity contribution in [1.82, 2.24) is 4.98 Å². The van der Waals surface area contributed by atoms with Gasteiger partial charge in [-0.15, -0.1) is 0 Å². The van der Waals surface area contributed by atoms with Crippen LogP contribution in [-0.4, -0.2) is 11.6 Å². The summed E-state index contributed by atoms with van der Waals surface area (Å²) in [6.07, 6.45) is 2.37. The first-order valence-corrected chi connectivity index (χ1v) is 7.11. The summed E-state index contributed by atoms with van der Waals surface area (Å²) in [5.41, 5.74) is 6.48. The Hall–Kier alpha value is -2.01. The molecular formula is C15H15ClFN3O. The molecule has 1 aliphatic carbocycles. The Morgan fingerprint density at radius 1 is 1.33 bits per heavy atom. The van der Waals surface area contributed by atoms with E-state index in [1.165, 1.54) is 18.9 Å². The van der Waals surface area contributed by atoms with Crippen LogP contribution in [0, 0.1) is 11.7 Å². The maximum absolute atomic E-state index is 13.7. The second kappa shape index (κ2) is 5.77.